The fraction of sp³-hybridized carbons (Fsp3) is 0. The van der Waals surface area contributed by atoms with Gasteiger partial charge in [-0.05, 0) is 0 Å². The zero-order valence-corrected chi connectivity index (χ0v) is 5.40. The van der Waals surface area contributed by atoms with Crippen molar-refractivity contribution < 1.29 is 14.0 Å². The van der Waals surface area contributed by atoms with E-state index in [9.17, 15) is 9.59 Å². The molecule has 0 aliphatic carbocycles. The molecule has 0 saturated carbocycles. The van der Waals surface area contributed by atoms with Gasteiger partial charge in [0.25, 0.3) is 5.89 Å². The average Bonchev–Trinajstić information content (AvgIpc) is 2.52. The number of nitrogens with one attached hydrogen (secondary N) is 2. The third-order valence-corrected chi connectivity index (χ3v) is 0.871. The molecular formula is C5H5N3O3. The molecule has 0 atom stereocenters. The first kappa shape index (κ1) is 7.26. The van der Waals surface area contributed by atoms with Crippen LogP contribution in [-0.2, 0) is 4.79 Å². The number of oxazole rings is 1. The Bertz CT molecular complexity index is 243. The summed E-state index contributed by atoms with van der Waals surface area (Å²) in [6.07, 6.45) is 2.92. The number of hydrogen-bond acceptors (Lipinski definition) is 4. The van der Waals surface area contributed by atoms with Crippen molar-refractivity contribution in [2.75, 3.05) is 0 Å². The van der Waals surface area contributed by atoms with Crippen molar-refractivity contribution in [3.63, 3.8) is 0 Å². The number of hydrazine groups is 1. The predicted octanol–water partition coefficient (Wildman–Crippen LogP) is -0.935. The predicted molar refractivity (Wildman–Crippen MR) is 33.2 cm³/mol. The lowest BCUT2D eigenvalue weighted by atomic mass is 10.6. The van der Waals surface area contributed by atoms with Crippen LogP contribution in [0.1, 0.15) is 10.7 Å². The van der Waals surface area contributed by atoms with Crippen molar-refractivity contribution in [1.82, 2.24) is 15.8 Å². The standard InChI is InChI=1S/C5H5N3O3/c9-3-7-8-4(10)5-6-1-2-11-5/h1-3H,(H,7,9)(H,8,10). The van der Waals surface area contributed by atoms with Crippen LogP contribution in [0.3, 0.4) is 0 Å². The van der Waals surface area contributed by atoms with Gasteiger partial charge in [0.05, 0.1) is 6.20 Å². The number of amides is 2. The maximum atomic E-state index is 10.8. The van der Waals surface area contributed by atoms with E-state index in [1.165, 1.54) is 12.5 Å². The Kier molecular flexibility index (Phi) is 2.21. The van der Waals surface area contributed by atoms with E-state index in [1.807, 2.05) is 10.9 Å². The quantitative estimate of drug-likeness (QED) is 0.436. The molecular weight excluding hydrogens is 150 g/mol. The molecule has 1 aromatic heterocycles. The molecule has 1 aromatic rings. The molecule has 0 aliphatic rings. The molecule has 1 rings (SSSR count). The van der Waals surface area contributed by atoms with Crippen LogP contribution in [0, 0.1) is 0 Å². The monoisotopic (exact) mass is 155 g/mol. The van der Waals surface area contributed by atoms with E-state index >= 15 is 0 Å². The Labute approximate surface area is 61.6 Å². The summed E-state index contributed by atoms with van der Waals surface area (Å²) < 4.78 is 4.61. The van der Waals surface area contributed by atoms with E-state index in [4.69, 9.17) is 0 Å². The molecule has 0 bridgehead atoms. The highest BCUT2D eigenvalue weighted by molar-refractivity contribution is 5.89. The topological polar surface area (TPSA) is 84.2 Å². The molecule has 0 aromatic carbocycles. The zero-order chi connectivity index (χ0) is 8.10. The van der Waals surface area contributed by atoms with E-state index in [2.05, 4.69) is 9.40 Å². The first-order chi connectivity index (χ1) is 5.34. The molecule has 11 heavy (non-hydrogen) atoms. The summed E-state index contributed by atoms with van der Waals surface area (Å²) in [5, 5.41) is 0. The average molecular weight is 155 g/mol. The molecule has 0 unspecified atom stereocenters. The number of carbonyl (C=O) groups excluding carboxylic acids is 2. The van der Waals surface area contributed by atoms with Crippen molar-refractivity contribution in [1.29, 1.82) is 0 Å². The SMILES string of the molecule is O=CNNC(=O)c1ncco1. The second kappa shape index (κ2) is 3.35. The van der Waals surface area contributed by atoms with Gasteiger partial charge in [-0.2, -0.15) is 0 Å². The maximum absolute atomic E-state index is 10.8. The van der Waals surface area contributed by atoms with Gasteiger partial charge in [0.15, 0.2) is 0 Å². The third-order valence-electron chi connectivity index (χ3n) is 0.871. The molecule has 0 fully saturated rings. The van der Waals surface area contributed by atoms with Gasteiger partial charge in [0.2, 0.25) is 6.41 Å². The minimum atomic E-state index is -0.595. The lowest BCUT2D eigenvalue weighted by Crippen LogP contribution is -2.36. The number of aromatic nitrogens is 1. The Morgan fingerprint density at radius 1 is 1.73 bits per heavy atom. The van der Waals surface area contributed by atoms with Gasteiger partial charge in [0.1, 0.15) is 6.26 Å². The lowest BCUT2D eigenvalue weighted by Gasteiger charge is -1.95. The highest BCUT2D eigenvalue weighted by Gasteiger charge is 2.07. The van der Waals surface area contributed by atoms with Gasteiger partial charge in [0, 0.05) is 0 Å². The fourth-order valence-electron chi connectivity index (χ4n) is 0.484. The normalized spacial score (nSPS) is 8.73. The van der Waals surface area contributed by atoms with Gasteiger partial charge in [-0.25, -0.2) is 4.98 Å². The minimum Gasteiger partial charge on any atom is -0.441 e. The van der Waals surface area contributed by atoms with E-state index in [0.717, 1.165) is 0 Å². The Hall–Kier alpha value is -1.85. The summed E-state index contributed by atoms with van der Waals surface area (Å²) in [4.78, 5) is 24.0. The van der Waals surface area contributed by atoms with Gasteiger partial charge in [-0.1, -0.05) is 0 Å². The number of hydrogen-bond donors (Lipinski definition) is 2. The van der Waals surface area contributed by atoms with E-state index in [0.29, 0.717) is 6.41 Å². The summed E-state index contributed by atoms with van der Waals surface area (Å²) >= 11 is 0. The summed E-state index contributed by atoms with van der Waals surface area (Å²) in [5.74, 6) is -0.693. The number of carbonyl (C=O) groups is 2. The molecule has 0 radical (unpaired) electrons. The van der Waals surface area contributed by atoms with Crippen molar-refractivity contribution in [2.45, 2.75) is 0 Å². The summed E-state index contributed by atoms with van der Waals surface area (Å²) in [7, 11) is 0. The van der Waals surface area contributed by atoms with Gasteiger partial charge in [-0.15, -0.1) is 0 Å². The summed E-state index contributed by atoms with van der Waals surface area (Å²) in [5.41, 5.74) is 3.98. The zero-order valence-electron chi connectivity index (χ0n) is 5.40. The number of rotatable bonds is 3. The number of nitrogens with zero attached hydrogens (tertiary/aromatic N) is 1. The third kappa shape index (κ3) is 1.78. The van der Waals surface area contributed by atoms with Crippen molar-refractivity contribution >= 4 is 12.3 Å². The molecule has 2 N–H and O–H groups in total. The first-order valence-corrected chi connectivity index (χ1v) is 2.73. The Morgan fingerprint density at radius 3 is 3.09 bits per heavy atom. The molecule has 6 nitrogen and oxygen atoms in total. The summed E-state index contributed by atoms with van der Waals surface area (Å²) in [6, 6.07) is 0. The van der Waals surface area contributed by atoms with Gasteiger partial charge in [-0.3, -0.25) is 20.4 Å². The van der Waals surface area contributed by atoms with Crippen LogP contribution in [0.15, 0.2) is 16.9 Å². The minimum absolute atomic E-state index is 0.0978. The highest BCUT2D eigenvalue weighted by atomic mass is 16.4. The fourth-order valence-corrected chi connectivity index (χ4v) is 0.484. The molecule has 1 heterocycles. The van der Waals surface area contributed by atoms with E-state index in [-0.39, 0.29) is 5.89 Å². The Morgan fingerprint density at radius 2 is 2.55 bits per heavy atom. The maximum Gasteiger partial charge on any atom is 0.325 e. The van der Waals surface area contributed by atoms with Crippen molar-refractivity contribution in [3.05, 3.63) is 18.4 Å². The van der Waals surface area contributed by atoms with Gasteiger partial charge >= 0.3 is 5.91 Å². The van der Waals surface area contributed by atoms with Crippen molar-refractivity contribution in [3.8, 4) is 0 Å². The first-order valence-electron chi connectivity index (χ1n) is 2.73. The second-order valence-corrected chi connectivity index (χ2v) is 1.55. The smallest absolute Gasteiger partial charge is 0.325 e. The highest BCUT2D eigenvalue weighted by Crippen LogP contribution is 1.91. The largest absolute Gasteiger partial charge is 0.441 e. The van der Waals surface area contributed by atoms with Crippen LogP contribution in [0.4, 0.5) is 0 Å². The molecule has 58 valence electrons. The summed E-state index contributed by atoms with van der Waals surface area (Å²) in [6.45, 7) is 0. The van der Waals surface area contributed by atoms with Crippen LogP contribution in [0.25, 0.3) is 0 Å². The van der Waals surface area contributed by atoms with Crippen LogP contribution < -0.4 is 10.9 Å². The molecule has 2 amide bonds. The Balaban J connectivity index is 2.49. The van der Waals surface area contributed by atoms with Crippen LogP contribution >= 0.6 is 0 Å². The van der Waals surface area contributed by atoms with E-state index in [1.54, 1.807) is 0 Å². The second-order valence-electron chi connectivity index (χ2n) is 1.55. The molecule has 0 saturated heterocycles. The van der Waals surface area contributed by atoms with E-state index < -0.39 is 5.91 Å². The van der Waals surface area contributed by atoms with Crippen LogP contribution in [0.5, 0.6) is 0 Å². The molecule has 0 spiro atoms. The molecule has 6 heteroatoms. The van der Waals surface area contributed by atoms with Crippen LogP contribution in [-0.4, -0.2) is 17.3 Å². The van der Waals surface area contributed by atoms with Gasteiger partial charge < -0.3 is 4.42 Å². The lowest BCUT2D eigenvalue weighted by molar-refractivity contribution is -0.110. The van der Waals surface area contributed by atoms with Crippen molar-refractivity contribution in [2.24, 2.45) is 0 Å². The van der Waals surface area contributed by atoms with Crippen LogP contribution in [0.2, 0.25) is 0 Å². The molecule has 0 aliphatic heterocycles.